The summed E-state index contributed by atoms with van der Waals surface area (Å²) in [5.74, 6) is -2.06. The molecule has 5 aromatic rings. The third-order valence-corrected chi connectivity index (χ3v) is 8.80. The minimum Gasteiger partial charge on any atom is -0.485 e. The van der Waals surface area contributed by atoms with Gasteiger partial charge in [0.2, 0.25) is 15.8 Å². The van der Waals surface area contributed by atoms with Gasteiger partial charge < -0.3 is 25.5 Å². The van der Waals surface area contributed by atoms with E-state index in [0.717, 1.165) is 17.0 Å². The fourth-order valence-electron chi connectivity index (χ4n) is 5.23. The molecule has 0 radical (unpaired) electrons. The summed E-state index contributed by atoms with van der Waals surface area (Å²) in [6.07, 6.45) is -0.450. The van der Waals surface area contributed by atoms with Crippen LogP contribution in [0.2, 0.25) is 0 Å². The van der Waals surface area contributed by atoms with Gasteiger partial charge in [-0.15, -0.1) is 0 Å². The van der Waals surface area contributed by atoms with E-state index in [0.29, 0.717) is 22.2 Å². The normalized spacial score (nSPS) is 14.0. The van der Waals surface area contributed by atoms with Crippen LogP contribution in [-0.2, 0) is 10.0 Å². The van der Waals surface area contributed by atoms with Crippen LogP contribution >= 0.6 is 0 Å². The zero-order valence-corrected chi connectivity index (χ0v) is 25.7. The predicted molar refractivity (Wildman–Crippen MR) is 166 cm³/mol. The first kappa shape index (κ1) is 31.9. The molecule has 0 saturated carbocycles. The second-order valence-electron chi connectivity index (χ2n) is 11.0. The van der Waals surface area contributed by atoms with Crippen molar-refractivity contribution in [3.63, 3.8) is 0 Å². The van der Waals surface area contributed by atoms with Crippen LogP contribution in [0.5, 0.6) is 17.2 Å². The van der Waals surface area contributed by atoms with Crippen molar-refractivity contribution in [3.8, 4) is 22.9 Å². The molecule has 0 aliphatic carbocycles. The zero-order chi connectivity index (χ0) is 33.6. The Bertz CT molecular complexity index is 2090. The molecule has 2 aromatic heterocycles. The third-order valence-electron chi connectivity index (χ3n) is 7.56. The van der Waals surface area contributed by atoms with Gasteiger partial charge in [0.25, 0.3) is 6.43 Å². The van der Waals surface area contributed by atoms with E-state index in [1.165, 1.54) is 46.9 Å². The molecule has 3 heterocycles. The maximum Gasteiger partial charge on any atom is 0.272 e. The Morgan fingerprint density at radius 1 is 1.11 bits per heavy atom. The molecule has 1 saturated heterocycles. The number of rotatable bonds is 11. The van der Waals surface area contributed by atoms with Crippen LogP contribution in [0.15, 0.2) is 60.8 Å². The van der Waals surface area contributed by atoms with E-state index in [-0.39, 0.29) is 59.1 Å². The molecule has 0 spiro atoms. The number of ketones is 1. The zero-order valence-electron chi connectivity index (χ0n) is 24.9. The summed E-state index contributed by atoms with van der Waals surface area (Å²) < 4.78 is 92.0. The molecule has 0 unspecified atom stereocenters. The first-order chi connectivity index (χ1) is 22.3. The summed E-state index contributed by atoms with van der Waals surface area (Å²) in [4.78, 5) is 16.6. The van der Waals surface area contributed by atoms with Crippen molar-refractivity contribution in [1.82, 2.24) is 19.1 Å². The fraction of sp³-hybridized carbons (Fsp3) is 0.226. The van der Waals surface area contributed by atoms with Crippen LogP contribution in [0.3, 0.4) is 0 Å². The number of fused-ring (bicyclic) bond motifs is 1. The number of anilines is 2. The Morgan fingerprint density at radius 3 is 2.53 bits per heavy atom. The van der Waals surface area contributed by atoms with Crippen LogP contribution < -0.4 is 20.5 Å². The highest BCUT2D eigenvalue weighted by atomic mass is 32.2. The Balaban J connectivity index is 1.27. The van der Waals surface area contributed by atoms with Crippen LogP contribution in [-0.4, -0.2) is 71.7 Å². The van der Waals surface area contributed by atoms with Crippen molar-refractivity contribution < 1.29 is 40.2 Å². The standard InChI is InChI=1S/C31H28F4N6O5S/c1-16-7-19(46-26-6-4-3-5-21(26)32)10-22(33)29(16)41-31(36)20(12-37-41)30(42)25-8-17-9-27(45-15-28(34)35)24(11-23(17)39-25)38-18-13-40(14-18)47(2,43)44/h3-12,18,28,38-39H,13-15,36H2,1-2H3. The van der Waals surface area contributed by atoms with Crippen molar-refractivity contribution in [1.29, 1.82) is 0 Å². The highest BCUT2D eigenvalue weighted by Crippen LogP contribution is 2.35. The average Bonchev–Trinajstić information content (AvgIpc) is 3.56. The number of sulfonamides is 1. The fourth-order valence-corrected chi connectivity index (χ4v) is 6.13. The number of halogens is 4. The number of H-pyrrole nitrogens is 1. The highest BCUT2D eigenvalue weighted by Gasteiger charge is 2.33. The summed E-state index contributed by atoms with van der Waals surface area (Å²) in [7, 11) is -3.37. The van der Waals surface area contributed by atoms with Crippen LogP contribution in [0.25, 0.3) is 16.6 Å². The van der Waals surface area contributed by atoms with Gasteiger partial charge in [0.05, 0.1) is 35.4 Å². The molecule has 47 heavy (non-hydrogen) atoms. The van der Waals surface area contributed by atoms with Crippen LogP contribution in [0.4, 0.5) is 29.1 Å². The minimum atomic E-state index is -3.37. The highest BCUT2D eigenvalue weighted by molar-refractivity contribution is 7.88. The number of hydrogen-bond acceptors (Lipinski definition) is 8. The summed E-state index contributed by atoms with van der Waals surface area (Å²) in [6, 6.07) is 12.5. The monoisotopic (exact) mass is 672 g/mol. The molecule has 11 nitrogen and oxygen atoms in total. The lowest BCUT2D eigenvalue weighted by Gasteiger charge is -2.38. The van der Waals surface area contributed by atoms with Crippen molar-refractivity contribution in [2.75, 3.05) is 37.0 Å². The summed E-state index contributed by atoms with van der Waals surface area (Å²) in [5, 5.41) is 7.73. The van der Waals surface area contributed by atoms with Gasteiger partial charge in [-0.2, -0.15) is 9.40 Å². The predicted octanol–water partition coefficient (Wildman–Crippen LogP) is 5.25. The largest absolute Gasteiger partial charge is 0.485 e. The lowest BCUT2D eigenvalue weighted by Crippen LogP contribution is -2.56. The van der Waals surface area contributed by atoms with Gasteiger partial charge in [-0.05, 0) is 48.9 Å². The number of nitrogens with two attached hydrogens (primary N) is 1. The molecule has 0 amide bonds. The summed E-state index contributed by atoms with van der Waals surface area (Å²) in [6.45, 7) is 1.07. The quantitative estimate of drug-likeness (QED) is 0.128. The number of carbonyl (C=O) groups excluding carboxylic acids is 1. The number of aromatic nitrogens is 3. The van der Waals surface area contributed by atoms with Crippen molar-refractivity contribution in [3.05, 3.63) is 89.2 Å². The van der Waals surface area contributed by atoms with Crippen molar-refractivity contribution in [2.24, 2.45) is 0 Å². The van der Waals surface area contributed by atoms with Crippen LogP contribution in [0.1, 0.15) is 21.6 Å². The lowest BCUT2D eigenvalue weighted by molar-refractivity contribution is 0.0822. The molecule has 3 aromatic carbocycles. The molecule has 1 aliphatic heterocycles. The SMILES string of the molecule is Cc1cc(Oc2ccccc2F)cc(F)c1-n1ncc(C(=O)c2cc3cc(OCC(F)F)c(NC4CN(S(C)(=O)=O)C4)cc3[nH]2)c1N. The molecule has 4 N–H and O–H groups in total. The van der Waals surface area contributed by atoms with E-state index in [2.05, 4.69) is 15.4 Å². The number of nitrogens with zero attached hydrogens (tertiary/aromatic N) is 3. The number of hydrogen-bond donors (Lipinski definition) is 3. The Morgan fingerprint density at radius 2 is 1.85 bits per heavy atom. The van der Waals surface area contributed by atoms with Gasteiger partial charge in [0, 0.05) is 30.1 Å². The minimum absolute atomic E-state index is 0.0371. The molecule has 1 aliphatic rings. The maximum absolute atomic E-state index is 15.4. The number of alkyl halides is 2. The molecule has 0 atom stereocenters. The van der Waals surface area contributed by atoms with Gasteiger partial charge in [0.15, 0.2) is 17.4 Å². The number of nitrogens with one attached hydrogen (secondary N) is 2. The second-order valence-corrected chi connectivity index (χ2v) is 13.0. The van der Waals surface area contributed by atoms with E-state index in [1.807, 2.05) is 0 Å². The topological polar surface area (TPSA) is 145 Å². The molecule has 246 valence electrons. The number of aryl methyl sites for hydroxylation is 1. The average molecular weight is 673 g/mol. The molecule has 16 heteroatoms. The van der Waals surface area contributed by atoms with E-state index in [1.54, 1.807) is 19.1 Å². The lowest BCUT2D eigenvalue weighted by atomic mass is 10.1. The number of ether oxygens (including phenoxy) is 2. The maximum atomic E-state index is 15.4. The van der Waals surface area contributed by atoms with Gasteiger partial charge >= 0.3 is 0 Å². The summed E-state index contributed by atoms with van der Waals surface area (Å²) >= 11 is 0. The Hall–Kier alpha value is -5.09. The second kappa shape index (κ2) is 12.3. The molecule has 6 rings (SSSR count). The molecule has 0 bridgehead atoms. The Kier molecular flexibility index (Phi) is 8.31. The van der Waals surface area contributed by atoms with Crippen molar-refractivity contribution in [2.45, 2.75) is 19.4 Å². The van der Waals surface area contributed by atoms with Crippen molar-refractivity contribution >= 4 is 38.2 Å². The number of benzene rings is 3. The van der Waals surface area contributed by atoms with E-state index >= 15 is 4.39 Å². The van der Waals surface area contributed by atoms with Crippen LogP contribution in [0, 0.1) is 18.6 Å². The summed E-state index contributed by atoms with van der Waals surface area (Å²) in [5.41, 5.74) is 7.43. The first-order valence-corrected chi connectivity index (χ1v) is 16.0. The first-order valence-electron chi connectivity index (χ1n) is 14.2. The third kappa shape index (κ3) is 6.46. The van der Waals surface area contributed by atoms with Gasteiger partial charge in [0.1, 0.15) is 29.6 Å². The number of carbonyl (C=O) groups is 1. The van der Waals surface area contributed by atoms with E-state index < -0.39 is 40.5 Å². The number of nitrogen functional groups attached to an aromatic ring is 1. The smallest absolute Gasteiger partial charge is 0.272 e. The van der Waals surface area contributed by atoms with Gasteiger partial charge in [-0.3, -0.25) is 4.79 Å². The Labute approximate surface area is 265 Å². The van der Waals surface area contributed by atoms with E-state index in [4.69, 9.17) is 15.2 Å². The molecular formula is C31H28F4N6O5S. The van der Waals surface area contributed by atoms with Gasteiger partial charge in [-0.1, -0.05) is 12.1 Å². The van der Waals surface area contributed by atoms with E-state index in [9.17, 15) is 26.4 Å². The van der Waals surface area contributed by atoms with Gasteiger partial charge in [-0.25, -0.2) is 30.7 Å². The molecular weight excluding hydrogens is 644 g/mol. The molecule has 1 fully saturated rings. The number of aromatic amines is 1. The number of para-hydroxylation sites is 1.